The van der Waals surface area contributed by atoms with Crippen LogP contribution in [0.1, 0.15) is 51.7 Å². The highest BCUT2D eigenvalue weighted by molar-refractivity contribution is 5.92. The summed E-state index contributed by atoms with van der Waals surface area (Å²) in [5, 5.41) is 6.57. The quantitative estimate of drug-likeness (QED) is 0.376. The van der Waals surface area contributed by atoms with Crippen molar-refractivity contribution in [1.29, 1.82) is 0 Å². The Balaban J connectivity index is 1.55. The van der Waals surface area contributed by atoms with Crippen LogP contribution in [0.15, 0.2) is 66.7 Å². The van der Waals surface area contributed by atoms with E-state index in [1.807, 2.05) is 72.8 Å². The van der Waals surface area contributed by atoms with Gasteiger partial charge in [0, 0.05) is 19.0 Å². The molecule has 3 heterocycles. The van der Waals surface area contributed by atoms with Crippen LogP contribution in [0.5, 0.6) is 0 Å². The van der Waals surface area contributed by atoms with Crippen molar-refractivity contribution < 1.29 is 23.9 Å². The van der Waals surface area contributed by atoms with Crippen LogP contribution in [-0.4, -0.2) is 65.5 Å². The molecule has 11 heteroatoms. The standard InChI is InChI=1S/C35H42N6O5/c1-22(2)30-32(43)36-23(3)33(44)41-19-9-12-27(38-41)31(42)39-40(5)29-16-15-26-14-13-24(20-28(26)37-29)17-18-35(4,34(45)46-30)21-25-10-7-6-8-11-25/h6-8,10-11,13-18,20,22-23,27,30,38H,9,12,19,21H2,1-5H3,(H,36,43)(H,39,42)/b18-17+/t23-,27-,30-,35-/m0/s1. The van der Waals surface area contributed by atoms with E-state index in [9.17, 15) is 19.2 Å². The van der Waals surface area contributed by atoms with Gasteiger partial charge in [-0.25, -0.2) is 10.4 Å². The molecule has 0 aliphatic carbocycles. The number of aromatic nitrogens is 1. The second-order valence-electron chi connectivity index (χ2n) is 12.7. The van der Waals surface area contributed by atoms with Crippen LogP contribution in [0.25, 0.3) is 17.0 Å². The number of nitrogens with one attached hydrogen (secondary N) is 3. The molecule has 1 aromatic heterocycles. The minimum absolute atomic E-state index is 0.314. The summed E-state index contributed by atoms with van der Waals surface area (Å²) in [7, 11) is 1.71. The number of amides is 3. The Hall–Kier alpha value is -4.77. The number of fused-ring (bicyclic) bond motifs is 4. The summed E-state index contributed by atoms with van der Waals surface area (Å²) in [5.41, 5.74) is 7.21. The van der Waals surface area contributed by atoms with E-state index >= 15 is 0 Å². The molecular formula is C35H42N6O5. The van der Waals surface area contributed by atoms with Crippen molar-refractivity contribution in [2.75, 3.05) is 18.6 Å². The van der Waals surface area contributed by atoms with E-state index < -0.39 is 41.4 Å². The number of benzene rings is 2. The lowest BCUT2D eigenvalue weighted by Crippen LogP contribution is -2.62. The van der Waals surface area contributed by atoms with Gasteiger partial charge in [-0.1, -0.05) is 68.5 Å². The molecule has 5 rings (SSSR count). The number of hydrazine groups is 2. The van der Waals surface area contributed by atoms with Crippen molar-refractivity contribution in [2.45, 2.75) is 65.1 Å². The molecule has 46 heavy (non-hydrogen) atoms. The number of ether oxygens (including phenoxy) is 1. The lowest BCUT2D eigenvalue weighted by Gasteiger charge is -2.35. The van der Waals surface area contributed by atoms with E-state index in [2.05, 4.69) is 16.2 Å². The summed E-state index contributed by atoms with van der Waals surface area (Å²) in [5.74, 6) is -1.67. The number of anilines is 1. The average Bonchev–Trinajstić information content (AvgIpc) is 3.05. The van der Waals surface area contributed by atoms with E-state index in [1.165, 1.54) is 5.01 Å². The summed E-state index contributed by atoms with van der Waals surface area (Å²) in [6.45, 7) is 7.33. The summed E-state index contributed by atoms with van der Waals surface area (Å²) >= 11 is 0. The number of hydrogen-bond donors (Lipinski definition) is 3. The molecule has 0 unspecified atom stereocenters. The summed E-state index contributed by atoms with van der Waals surface area (Å²) in [6.07, 6.45) is 4.00. The fourth-order valence-corrected chi connectivity index (χ4v) is 5.68. The Morgan fingerprint density at radius 3 is 2.50 bits per heavy atom. The van der Waals surface area contributed by atoms with Crippen LogP contribution in [0.4, 0.5) is 5.82 Å². The SMILES string of the molecule is CC(C)[C@@H]1OC(=O)[C@](C)(Cc2ccccc2)/C=C/c2ccc3ccc(nc3c2)N(C)NC(=O)[C@@H]2CCCN(N2)C(=O)[C@H](C)NC1=O. The minimum Gasteiger partial charge on any atom is -0.451 e. The highest BCUT2D eigenvalue weighted by Crippen LogP contribution is 2.30. The monoisotopic (exact) mass is 626 g/mol. The number of pyridine rings is 1. The molecular weight excluding hydrogens is 584 g/mol. The molecule has 11 nitrogen and oxygen atoms in total. The molecule has 2 aliphatic rings. The van der Waals surface area contributed by atoms with Crippen molar-refractivity contribution in [3.63, 3.8) is 0 Å². The second kappa shape index (κ2) is 13.7. The number of rotatable bonds is 3. The van der Waals surface area contributed by atoms with Crippen molar-refractivity contribution in [2.24, 2.45) is 11.3 Å². The number of hydrogen-bond acceptors (Lipinski definition) is 8. The number of cyclic esters (lactones) is 1. The van der Waals surface area contributed by atoms with Crippen LogP contribution in [0, 0.1) is 11.3 Å². The van der Waals surface area contributed by atoms with E-state index in [4.69, 9.17) is 9.72 Å². The summed E-state index contributed by atoms with van der Waals surface area (Å²) in [4.78, 5) is 58.9. The van der Waals surface area contributed by atoms with Crippen LogP contribution in [0.2, 0.25) is 0 Å². The number of carbonyl (C=O) groups is 4. The molecule has 0 spiro atoms. The highest BCUT2D eigenvalue weighted by Gasteiger charge is 2.38. The Kier molecular flexibility index (Phi) is 9.71. The Labute approximate surface area is 269 Å². The second-order valence-corrected chi connectivity index (χ2v) is 12.7. The van der Waals surface area contributed by atoms with Gasteiger partial charge >= 0.3 is 5.97 Å². The van der Waals surface area contributed by atoms with Gasteiger partial charge in [-0.05, 0) is 68.4 Å². The molecule has 4 atom stereocenters. The minimum atomic E-state index is -1.13. The molecule has 242 valence electrons. The number of nitrogens with zero attached hydrogens (tertiary/aromatic N) is 3. The van der Waals surface area contributed by atoms with E-state index in [0.717, 1.165) is 16.5 Å². The van der Waals surface area contributed by atoms with E-state index in [-0.39, 0.29) is 11.8 Å². The fraction of sp³-hybridized carbons (Fsp3) is 0.400. The molecule has 5 bridgehead atoms. The Bertz CT molecular complexity index is 1640. The largest absolute Gasteiger partial charge is 0.451 e. The fourth-order valence-electron chi connectivity index (χ4n) is 5.68. The van der Waals surface area contributed by atoms with Gasteiger partial charge in [-0.15, -0.1) is 0 Å². The van der Waals surface area contributed by atoms with Crippen LogP contribution >= 0.6 is 0 Å². The zero-order chi connectivity index (χ0) is 33.0. The van der Waals surface area contributed by atoms with Gasteiger partial charge in [-0.2, -0.15) is 0 Å². The smallest absolute Gasteiger partial charge is 0.316 e. The van der Waals surface area contributed by atoms with Gasteiger partial charge in [0.25, 0.3) is 17.7 Å². The Morgan fingerprint density at radius 1 is 1.02 bits per heavy atom. The van der Waals surface area contributed by atoms with Crippen LogP contribution < -0.4 is 21.2 Å². The molecule has 3 aromatic rings. The highest BCUT2D eigenvalue weighted by atomic mass is 16.5. The molecule has 1 saturated heterocycles. The number of carbonyl (C=O) groups excluding carboxylic acids is 4. The molecule has 3 N–H and O–H groups in total. The zero-order valence-electron chi connectivity index (χ0n) is 26.9. The van der Waals surface area contributed by atoms with E-state index in [1.54, 1.807) is 39.8 Å². The van der Waals surface area contributed by atoms with Gasteiger partial charge < -0.3 is 10.1 Å². The molecule has 2 aliphatic heterocycles. The van der Waals surface area contributed by atoms with Crippen LogP contribution in [0.3, 0.4) is 0 Å². The number of esters is 1. The molecule has 1 fully saturated rings. The molecule has 0 radical (unpaired) electrons. The van der Waals surface area contributed by atoms with E-state index in [0.29, 0.717) is 37.1 Å². The summed E-state index contributed by atoms with van der Waals surface area (Å²) < 4.78 is 5.97. The van der Waals surface area contributed by atoms with Crippen molar-refractivity contribution in [3.05, 3.63) is 77.9 Å². The first-order valence-corrected chi connectivity index (χ1v) is 15.7. The third kappa shape index (κ3) is 7.37. The molecule has 0 saturated carbocycles. The van der Waals surface area contributed by atoms with Gasteiger partial charge in [0.2, 0.25) is 0 Å². The molecule has 2 aromatic carbocycles. The first-order valence-electron chi connectivity index (χ1n) is 15.7. The molecule has 3 amide bonds. The third-order valence-electron chi connectivity index (χ3n) is 8.44. The topological polar surface area (TPSA) is 133 Å². The normalized spacial score (nSPS) is 25.7. The zero-order valence-corrected chi connectivity index (χ0v) is 26.9. The van der Waals surface area contributed by atoms with Gasteiger partial charge in [0.15, 0.2) is 6.10 Å². The van der Waals surface area contributed by atoms with Crippen molar-refractivity contribution in [1.82, 2.24) is 26.2 Å². The van der Waals surface area contributed by atoms with Gasteiger partial charge in [0.1, 0.15) is 17.9 Å². The maximum absolute atomic E-state index is 14.0. The maximum atomic E-state index is 14.0. The predicted molar refractivity (Wildman–Crippen MR) is 176 cm³/mol. The summed E-state index contributed by atoms with van der Waals surface area (Å²) in [6, 6.07) is 17.6. The lowest BCUT2D eigenvalue weighted by atomic mass is 9.82. The average molecular weight is 627 g/mol. The third-order valence-corrected chi connectivity index (χ3v) is 8.44. The van der Waals surface area contributed by atoms with Crippen molar-refractivity contribution in [3.8, 4) is 0 Å². The van der Waals surface area contributed by atoms with Crippen molar-refractivity contribution >= 4 is 46.5 Å². The first-order chi connectivity index (χ1) is 21.9. The van der Waals surface area contributed by atoms with Crippen LogP contribution in [-0.2, 0) is 30.3 Å². The van der Waals surface area contributed by atoms with Gasteiger partial charge in [0.05, 0.1) is 10.9 Å². The first kappa shape index (κ1) is 32.6. The predicted octanol–water partition coefficient (Wildman–Crippen LogP) is 3.55. The Morgan fingerprint density at radius 2 is 1.76 bits per heavy atom. The lowest BCUT2D eigenvalue weighted by molar-refractivity contribution is -0.166. The maximum Gasteiger partial charge on any atom is 0.316 e. The van der Waals surface area contributed by atoms with Gasteiger partial charge in [-0.3, -0.25) is 34.6 Å².